The van der Waals surface area contributed by atoms with Crippen LogP contribution in [0.4, 0.5) is 17.1 Å². The molecule has 2 heteroatoms. The number of fused-ring (bicyclic) bond motifs is 6. The Kier molecular flexibility index (Phi) is 6.20. The molecule has 0 bridgehead atoms. The number of furan rings is 1. The maximum Gasteiger partial charge on any atom is 0.136 e. The molecule has 9 rings (SSSR count). The number of para-hydroxylation sites is 2. The van der Waals surface area contributed by atoms with Gasteiger partial charge in [0.25, 0.3) is 0 Å². The van der Waals surface area contributed by atoms with E-state index in [1.54, 1.807) is 0 Å². The summed E-state index contributed by atoms with van der Waals surface area (Å²) in [5.41, 5.74) is 15.1. The molecule has 224 valence electrons. The second-order valence-corrected chi connectivity index (χ2v) is 12.9. The molecule has 0 unspecified atom stereocenters. The van der Waals surface area contributed by atoms with Crippen molar-refractivity contribution in [3.8, 4) is 33.4 Å². The molecule has 1 aliphatic rings. The molecule has 1 aromatic heterocycles. The zero-order valence-corrected chi connectivity index (χ0v) is 26.4. The Balaban J connectivity index is 1.31. The second kappa shape index (κ2) is 10.6. The largest absolute Gasteiger partial charge is 0.456 e. The van der Waals surface area contributed by atoms with E-state index in [0.717, 1.165) is 50.1 Å². The summed E-state index contributed by atoms with van der Waals surface area (Å²) in [7, 11) is 0. The Morgan fingerprint density at radius 1 is 0.468 bits per heavy atom. The van der Waals surface area contributed by atoms with Gasteiger partial charge in [0, 0.05) is 33.1 Å². The van der Waals surface area contributed by atoms with Crippen molar-refractivity contribution in [2.24, 2.45) is 0 Å². The fourth-order valence-corrected chi connectivity index (χ4v) is 7.58. The second-order valence-electron chi connectivity index (χ2n) is 12.9. The van der Waals surface area contributed by atoms with Gasteiger partial charge < -0.3 is 9.32 Å². The SMILES string of the molecule is CC1(C)c2ccccc2-c2ccc(N(c3ccccc3)c3ccc4oc5ccccc5c4c3-c3ccc(-c4ccccc4)cc3)cc21. The van der Waals surface area contributed by atoms with Crippen LogP contribution in [0.2, 0.25) is 0 Å². The van der Waals surface area contributed by atoms with E-state index in [0.29, 0.717) is 0 Å². The first-order valence-electron chi connectivity index (χ1n) is 16.3. The van der Waals surface area contributed by atoms with Gasteiger partial charge in [-0.2, -0.15) is 0 Å². The Bertz CT molecular complexity index is 2420. The molecule has 0 radical (unpaired) electrons. The number of hydrogen-bond donors (Lipinski definition) is 0. The van der Waals surface area contributed by atoms with Crippen LogP contribution in [0.25, 0.3) is 55.3 Å². The van der Waals surface area contributed by atoms with E-state index in [1.165, 1.54) is 33.4 Å². The molecule has 8 aromatic rings. The van der Waals surface area contributed by atoms with Crippen molar-refractivity contribution in [3.05, 3.63) is 175 Å². The van der Waals surface area contributed by atoms with E-state index >= 15 is 0 Å². The lowest BCUT2D eigenvalue weighted by Crippen LogP contribution is -2.16. The lowest BCUT2D eigenvalue weighted by atomic mass is 9.82. The molecule has 47 heavy (non-hydrogen) atoms. The molecule has 0 fully saturated rings. The number of nitrogens with zero attached hydrogens (tertiary/aromatic N) is 1. The molecule has 0 N–H and O–H groups in total. The summed E-state index contributed by atoms with van der Waals surface area (Å²) in [4.78, 5) is 2.42. The highest BCUT2D eigenvalue weighted by atomic mass is 16.3. The van der Waals surface area contributed by atoms with Gasteiger partial charge in [-0.3, -0.25) is 0 Å². The van der Waals surface area contributed by atoms with Gasteiger partial charge in [0.2, 0.25) is 0 Å². The highest BCUT2D eigenvalue weighted by Gasteiger charge is 2.36. The maximum atomic E-state index is 6.46. The van der Waals surface area contributed by atoms with Crippen molar-refractivity contribution in [2.75, 3.05) is 4.90 Å². The van der Waals surface area contributed by atoms with Crippen molar-refractivity contribution >= 4 is 39.0 Å². The van der Waals surface area contributed by atoms with E-state index in [2.05, 4.69) is 176 Å². The first-order valence-corrected chi connectivity index (χ1v) is 16.3. The van der Waals surface area contributed by atoms with Crippen molar-refractivity contribution in [3.63, 3.8) is 0 Å². The zero-order chi connectivity index (χ0) is 31.5. The lowest BCUT2D eigenvalue weighted by Gasteiger charge is -2.30. The smallest absolute Gasteiger partial charge is 0.136 e. The average Bonchev–Trinajstić information content (AvgIpc) is 3.61. The highest BCUT2D eigenvalue weighted by molar-refractivity contribution is 6.16. The molecular weight excluding hydrogens is 571 g/mol. The maximum absolute atomic E-state index is 6.46. The van der Waals surface area contributed by atoms with Gasteiger partial charge in [-0.1, -0.05) is 135 Å². The summed E-state index contributed by atoms with van der Waals surface area (Å²) in [5, 5.41) is 2.24. The van der Waals surface area contributed by atoms with Crippen LogP contribution in [0, 0.1) is 0 Å². The fraction of sp³-hybridized carbons (Fsp3) is 0.0667. The van der Waals surface area contributed by atoms with E-state index in [4.69, 9.17) is 4.42 Å². The van der Waals surface area contributed by atoms with E-state index < -0.39 is 0 Å². The third-order valence-corrected chi connectivity index (χ3v) is 9.88. The van der Waals surface area contributed by atoms with E-state index in [1.807, 2.05) is 6.07 Å². The predicted octanol–water partition coefficient (Wildman–Crippen LogP) is 12.7. The molecule has 0 atom stereocenters. The van der Waals surface area contributed by atoms with E-state index in [-0.39, 0.29) is 5.41 Å². The Labute approximate surface area is 275 Å². The standard InChI is InChI=1S/C45H33NO/c1-45(2)38-19-11-9-17-35(38)36-26-25-34(29-39(36)45)46(33-15-7-4-8-16-33)40-27-28-42-44(37-18-10-12-20-41(37)47-42)43(40)32-23-21-31(22-24-32)30-13-5-3-6-14-30/h3-29H,1-2H3. The van der Waals surface area contributed by atoms with Crippen LogP contribution in [0.15, 0.2) is 168 Å². The summed E-state index contributed by atoms with van der Waals surface area (Å²) in [6, 6.07) is 58.9. The van der Waals surface area contributed by atoms with Crippen LogP contribution in [-0.2, 0) is 5.41 Å². The average molecular weight is 604 g/mol. The van der Waals surface area contributed by atoms with Gasteiger partial charge in [-0.15, -0.1) is 0 Å². The molecule has 2 nitrogen and oxygen atoms in total. The van der Waals surface area contributed by atoms with Crippen LogP contribution in [0.1, 0.15) is 25.0 Å². The summed E-state index contributed by atoms with van der Waals surface area (Å²) < 4.78 is 6.46. The van der Waals surface area contributed by atoms with Gasteiger partial charge in [-0.05, 0) is 81.4 Å². The summed E-state index contributed by atoms with van der Waals surface area (Å²) >= 11 is 0. The predicted molar refractivity (Wildman–Crippen MR) is 197 cm³/mol. The minimum atomic E-state index is -0.106. The topological polar surface area (TPSA) is 16.4 Å². The third kappa shape index (κ3) is 4.33. The molecule has 1 aliphatic carbocycles. The van der Waals surface area contributed by atoms with Crippen molar-refractivity contribution in [1.29, 1.82) is 0 Å². The van der Waals surface area contributed by atoms with Crippen molar-refractivity contribution in [1.82, 2.24) is 0 Å². The zero-order valence-electron chi connectivity index (χ0n) is 26.4. The number of anilines is 3. The number of benzene rings is 7. The Hall–Kier alpha value is -5.86. The first-order chi connectivity index (χ1) is 23.1. The minimum absolute atomic E-state index is 0.106. The molecule has 0 spiro atoms. The summed E-state index contributed by atoms with van der Waals surface area (Å²) in [6.45, 7) is 4.69. The number of hydrogen-bond acceptors (Lipinski definition) is 2. The highest BCUT2D eigenvalue weighted by Crippen LogP contribution is 2.52. The van der Waals surface area contributed by atoms with Gasteiger partial charge >= 0.3 is 0 Å². The normalized spacial score (nSPS) is 13.1. The minimum Gasteiger partial charge on any atom is -0.456 e. The molecule has 0 amide bonds. The fourth-order valence-electron chi connectivity index (χ4n) is 7.58. The van der Waals surface area contributed by atoms with Crippen molar-refractivity contribution < 1.29 is 4.42 Å². The monoisotopic (exact) mass is 603 g/mol. The Morgan fingerprint density at radius 3 is 1.91 bits per heavy atom. The van der Waals surface area contributed by atoms with Crippen LogP contribution >= 0.6 is 0 Å². The summed E-state index contributed by atoms with van der Waals surface area (Å²) in [6.07, 6.45) is 0. The molecule has 7 aromatic carbocycles. The van der Waals surface area contributed by atoms with E-state index in [9.17, 15) is 0 Å². The lowest BCUT2D eigenvalue weighted by molar-refractivity contribution is 0.660. The molecule has 1 heterocycles. The molecule has 0 aliphatic heterocycles. The van der Waals surface area contributed by atoms with Gasteiger partial charge in [0.15, 0.2) is 0 Å². The third-order valence-electron chi connectivity index (χ3n) is 9.88. The van der Waals surface area contributed by atoms with Crippen LogP contribution in [0.3, 0.4) is 0 Å². The quantitative estimate of drug-likeness (QED) is 0.195. The van der Waals surface area contributed by atoms with Crippen LogP contribution in [0.5, 0.6) is 0 Å². The molecular formula is C45H33NO. The number of rotatable bonds is 5. The van der Waals surface area contributed by atoms with Gasteiger partial charge in [0.05, 0.1) is 5.69 Å². The summed E-state index contributed by atoms with van der Waals surface area (Å²) in [5.74, 6) is 0. The van der Waals surface area contributed by atoms with Gasteiger partial charge in [0.1, 0.15) is 11.2 Å². The van der Waals surface area contributed by atoms with Gasteiger partial charge in [-0.25, -0.2) is 0 Å². The van der Waals surface area contributed by atoms with Crippen LogP contribution in [-0.4, -0.2) is 0 Å². The Morgan fingerprint density at radius 2 is 1.11 bits per heavy atom. The first kappa shape index (κ1) is 27.5. The van der Waals surface area contributed by atoms with Crippen LogP contribution < -0.4 is 4.90 Å². The molecule has 0 saturated heterocycles. The molecule has 0 saturated carbocycles. The van der Waals surface area contributed by atoms with Crippen molar-refractivity contribution in [2.45, 2.75) is 19.3 Å².